The topological polar surface area (TPSA) is 26.3 Å². The largest absolute Gasteiger partial charge is 1.00 e. The number of hydrogen-bond donors (Lipinski definition) is 0. The Balaban J connectivity index is 0. The Morgan fingerprint density at radius 2 is 1.90 bits per heavy atom. The summed E-state index contributed by atoms with van der Waals surface area (Å²) in [7, 11) is -0.305. The molecule has 0 atom stereocenters. The molecule has 1 aromatic rings. The molecule has 48 valence electrons. The monoisotopic (exact) mass is 164 g/mol. The molecule has 0 unspecified atom stereocenters. The van der Waals surface area contributed by atoms with Gasteiger partial charge in [0, 0.05) is 0 Å². The van der Waals surface area contributed by atoms with E-state index in [9.17, 15) is 4.57 Å². The van der Waals surface area contributed by atoms with Crippen LogP contribution in [0.1, 0.15) is 1.43 Å². The van der Waals surface area contributed by atoms with Crippen molar-refractivity contribution in [3.63, 3.8) is 0 Å². The average Bonchev–Trinajstić information content (AvgIpc) is 1.91. The Hall–Kier alpha value is 0.120. The average molecular weight is 164 g/mol. The van der Waals surface area contributed by atoms with Gasteiger partial charge in [0.25, 0.3) is 0 Å². The van der Waals surface area contributed by atoms with Gasteiger partial charge in [-0.05, 0) is 12.1 Å². The molecule has 0 N–H and O–H groups in total. The van der Waals surface area contributed by atoms with Gasteiger partial charge in [0.15, 0.2) is 0 Å². The third kappa shape index (κ3) is 3.33. The summed E-state index contributed by atoms with van der Waals surface area (Å²) in [5, 5.41) is 0. The first kappa shape index (κ1) is 10.1. The van der Waals surface area contributed by atoms with E-state index in [0.29, 0.717) is 5.75 Å². The minimum absolute atomic E-state index is 0. The fraction of sp³-hybridized carbons (Fsp3) is 0. The van der Waals surface area contributed by atoms with E-state index >= 15 is 0 Å². The molecule has 0 aliphatic rings. The van der Waals surface area contributed by atoms with E-state index in [1.54, 1.807) is 12.1 Å². The van der Waals surface area contributed by atoms with Crippen molar-refractivity contribution in [2.75, 3.05) is 0 Å². The van der Waals surface area contributed by atoms with Gasteiger partial charge >= 0.3 is 38.2 Å². The summed E-state index contributed by atoms with van der Waals surface area (Å²) in [6.07, 6.45) is 0. The number of hydrogen-bond acceptors (Lipinski definition) is 2. The fourth-order valence-corrected chi connectivity index (χ4v) is 0.732. The second-order valence-electron chi connectivity index (χ2n) is 1.48. The summed E-state index contributed by atoms with van der Waals surface area (Å²) < 4.78 is 14.5. The zero-order valence-electron chi connectivity index (χ0n) is 6.65. The van der Waals surface area contributed by atoms with E-state index in [4.69, 9.17) is 0 Å². The van der Waals surface area contributed by atoms with Gasteiger partial charge in [0.1, 0.15) is 5.75 Å². The van der Waals surface area contributed by atoms with Gasteiger partial charge in [-0.3, -0.25) is 0 Å². The summed E-state index contributed by atoms with van der Waals surface area (Å²) in [6, 6.07) is 8.99. The van der Waals surface area contributed by atoms with Crippen molar-refractivity contribution in [3.8, 4) is 5.75 Å². The van der Waals surface area contributed by atoms with E-state index in [1.807, 2.05) is 18.2 Å². The van der Waals surface area contributed by atoms with E-state index in [-0.39, 0.29) is 39.7 Å². The van der Waals surface area contributed by atoms with Crippen molar-refractivity contribution in [2.45, 2.75) is 0 Å². The Labute approximate surface area is 84.6 Å². The fourth-order valence-electron chi connectivity index (χ4n) is 0.524. The zero-order chi connectivity index (χ0) is 6.53. The molecule has 1 rings (SSSR count). The Bertz CT molecular complexity index is 195. The third-order valence-corrected chi connectivity index (χ3v) is 1.17. The second-order valence-corrected chi connectivity index (χ2v) is 1.81. The zero-order valence-corrected chi connectivity index (χ0v) is 8.54. The molecule has 1 aromatic carbocycles. The smallest absolute Gasteiger partial charge is 1.00 e. The molecular weight excluding hydrogens is 158 g/mol. The molecule has 2 nitrogen and oxygen atoms in total. The molecule has 0 aliphatic carbocycles. The first-order valence-electron chi connectivity index (χ1n) is 2.48. The van der Waals surface area contributed by atoms with E-state index in [1.165, 1.54) is 0 Å². The molecule has 0 radical (unpaired) electrons. The van der Waals surface area contributed by atoms with Crippen molar-refractivity contribution in [2.24, 2.45) is 0 Å². The number of benzene rings is 1. The van der Waals surface area contributed by atoms with Crippen LogP contribution in [0, 0.1) is 0 Å². The molecule has 0 bridgehead atoms. The summed E-state index contributed by atoms with van der Waals surface area (Å²) in [6.45, 7) is 0. The first-order valence-corrected chi connectivity index (χ1v) is 3.21. The summed E-state index contributed by atoms with van der Waals surface area (Å²) >= 11 is 0. The van der Waals surface area contributed by atoms with Gasteiger partial charge in [-0.25, -0.2) is 4.57 Å². The minimum Gasteiger partial charge on any atom is -1.00 e. The predicted octanol–water partition coefficient (Wildman–Crippen LogP) is -0.611. The molecule has 0 spiro atoms. The summed E-state index contributed by atoms with van der Waals surface area (Å²) in [5.41, 5.74) is 0. The van der Waals surface area contributed by atoms with Crippen LogP contribution in [0.15, 0.2) is 30.3 Å². The van der Waals surface area contributed by atoms with Crippen molar-refractivity contribution in [1.29, 1.82) is 0 Å². The van der Waals surface area contributed by atoms with Crippen LogP contribution in [0.25, 0.3) is 0 Å². The van der Waals surface area contributed by atoms with Gasteiger partial charge in [-0.1, -0.05) is 18.2 Å². The first-order chi connectivity index (χ1) is 4.43. The second kappa shape index (κ2) is 5.87. The van der Waals surface area contributed by atoms with Crippen molar-refractivity contribution in [1.82, 2.24) is 0 Å². The normalized spacial score (nSPS) is 8.40. The molecule has 0 aromatic heterocycles. The number of para-hydroxylation sites is 1. The van der Waals surface area contributed by atoms with E-state index in [2.05, 4.69) is 4.52 Å². The minimum atomic E-state index is -0.305. The Morgan fingerprint density at radius 1 is 1.30 bits per heavy atom. The quantitative estimate of drug-likeness (QED) is 0.430. The van der Waals surface area contributed by atoms with Gasteiger partial charge < -0.3 is 5.95 Å². The summed E-state index contributed by atoms with van der Waals surface area (Å²) in [5.74, 6) is 0.620. The van der Waals surface area contributed by atoms with Crippen molar-refractivity contribution >= 4 is 8.69 Å². The molecule has 0 saturated carbocycles. The van der Waals surface area contributed by atoms with Crippen molar-refractivity contribution in [3.05, 3.63) is 30.3 Å². The standard InChI is InChI=1S/C6H5O2P.Na.H/c7-9-8-6-4-2-1-3-5-6;;/h1-5H;;/q;+1;-1. The molecule has 0 aliphatic heterocycles. The Kier molecular flexibility index (Phi) is 5.94. The number of rotatable bonds is 2. The maximum absolute atomic E-state index is 9.85. The molecule has 0 amide bonds. The van der Waals surface area contributed by atoms with Crippen LogP contribution in [-0.4, -0.2) is 0 Å². The van der Waals surface area contributed by atoms with Crippen LogP contribution in [0.2, 0.25) is 0 Å². The summed E-state index contributed by atoms with van der Waals surface area (Å²) in [4.78, 5) is 0. The van der Waals surface area contributed by atoms with Gasteiger partial charge in [-0.15, -0.1) is 0 Å². The molecule has 10 heavy (non-hydrogen) atoms. The molecule has 4 heteroatoms. The molecule has 0 saturated heterocycles. The van der Waals surface area contributed by atoms with Crippen LogP contribution in [-0.2, 0) is 4.57 Å². The molecule has 0 fully saturated rings. The van der Waals surface area contributed by atoms with Crippen LogP contribution < -0.4 is 34.1 Å². The van der Waals surface area contributed by atoms with Crippen LogP contribution in [0.4, 0.5) is 0 Å². The van der Waals surface area contributed by atoms with E-state index in [0.717, 1.165) is 0 Å². The molecule has 0 heterocycles. The van der Waals surface area contributed by atoms with Gasteiger partial charge in [0.2, 0.25) is 0 Å². The SMILES string of the molecule is O=POc1ccccc1.[H-].[Na+]. The predicted molar refractivity (Wildman–Crippen MR) is 35.8 cm³/mol. The van der Waals surface area contributed by atoms with Crippen LogP contribution in [0.5, 0.6) is 5.75 Å². The Morgan fingerprint density at radius 3 is 2.40 bits per heavy atom. The third-order valence-electron chi connectivity index (χ3n) is 0.886. The van der Waals surface area contributed by atoms with Crippen molar-refractivity contribution < 1.29 is 40.1 Å². The molecular formula is C6H6NaO2P. The van der Waals surface area contributed by atoms with E-state index < -0.39 is 0 Å². The van der Waals surface area contributed by atoms with Gasteiger partial charge in [0.05, 0.1) is 0 Å². The van der Waals surface area contributed by atoms with Crippen LogP contribution >= 0.6 is 8.69 Å². The van der Waals surface area contributed by atoms with Crippen LogP contribution in [0.3, 0.4) is 0 Å². The van der Waals surface area contributed by atoms with Gasteiger partial charge in [-0.2, -0.15) is 0 Å². The maximum atomic E-state index is 9.85. The maximum Gasteiger partial charge on any atom is 1.00 e.